The SMILES string of the molecule is O=C(N[C@H]1C[C@@H](c2ncc(-c3ccccc3)o2)N(C(=O)O)C1)c1ccc2ccccc2c1O. The Balaban J connectivity index is 1.36. The number of hydrogen-bond donors (Lipinski definition) is 3. The van der Waals surface area contributed by atoms with Gasteiger partial charge in [-0.05, 0) is 17.9 Å². The molecule has 8 nitrogen and oxygen atoms in total. The van der Waals surface area contributed by atoms with Crippen LogP contribution in [0.25, 0.3) is 22.1 Å². The summed E-state index contributed by atoms with van der Waals surface area (Å²) in [5.41, 5.74) is 0.981. The molecule has 3 aromatic carbocycles. The summed E-state index contributed by atoms with van der Waals surface area (Å²) < 4.78 is 5.87. The molecule has 2 heterocycles. The molecule has 33 heavy (non-hydrogen) atoms. The van der Waals surface area contributed by atoms with Crippen LogP contribution in [-0.4, -0.2) is 44.7 Å². The fourth-order valence-electron chi connectivity index (χ4n) is 4.27. The van der Waals surface area contributed by atoms with Crippen molar-refractivity contribution in [2.24, 2.45) is 0 Å². The molecule has 1 aliphatic heterocycles. The van der Waals surface area contributed by atoms with Crippen LogP contribution >= 0.6 is 0 Å². The monoisotopic (exact) mass is 443 g/mol. The van der Waals surface area contributed by atoms with E-state index in [0.29, 0.717) is 17.6 Å². The van der Waals surface area contributed by atoms with Crippen molar-refractivity contribution < 1.29 is 24.2 Å². The van der Waals surface area contributed by atoms with E-state index in [0.717, 1.165) is 10.9 Å². The van der Waals surface area contributed by atoms with Crippen molar-refractivity contribution in [3.05, 3.63) is 84.4 Å². The minimum absolute atomic E-state index is 0.0864. The van der Waals surface area contributed by atoms with Gasteiger partial charge in [0.1, 0.15) is 11.8 Å². The summed E-state index contributed by atoms with van der Waals surface area (Å²) in [5, 5.41) is 24.5. The number of nitrogens with one attached hydrogen (secondary N) is 1. The second-order valence-corrected chi connectivity index (χ2v) is 7.97. The molecule has 0 unspecified atom stereocenters. The van der Waals surface area contributed by atoms with Gasteiger partial charge in [-0.2, -0.15) is 0 Å². The van der Waals surface area contributed by atoms with Crippen molar-refractivity contribution >= 4 is 22.8 Å². The lowest BCUT2D eigenvalue weighted by Crippen LogP contribution is -2.38. The Kier molecular flexibility index (Phi) is 5.18. The van der Waals surface area contributed by atoms with Crippen LogP contribution in [0.1, 0.15) is 28.7 Å². The van der Waals surface area contributed by atoms with Gasteiger partial charge in [-0.3, -0.25) is 9.69 Å². The molecule has 1 fully saturated rings. The lowest BCUT2D eigenvalue weighted by molar-refractivity contribution is 0.0933. The van der Waals surface area contributed by atoms with Crippen LogP contribution in [0.15, 0.2) is 77.3 Å². The third-order valence-electron chi connectivity index (χ3n) is 5.89. The number of benzene rings is 3. The largest absolute Gasteiger partial charge is 0.506 e. The van der Waals surface area contributed by atoms with Crippen LogP contribution in [0.3, 0.4) is 0 Å². The van der Waals surface area contributed by atoms with E-state index in [2.05, 4.69) is 10.3 Å². The number of fused-ring (bicyclic) bond motifs is 1. The molecule has 2 atom stereocenters. The van der Waals surface area contributed by atoms with Gasteiger partial charge < -0.3 is 19.9 Å². The summed E-state index contributed by atoms with van der Waals surface area (Å²) in [4.78, 5) is 30.3. The summed E-state index contributed by atoms with van der Waals surface area (Å²) in [5.74, 6) is 0.258. The van der Waals surface area contributed by atoms with E-state index in [1.165, 1.54) is 4.90 Å². The first kappa shape index (κ1) is 20.6. The van der Waals surface area contributed by atoms with Gasteiger partial charge >= 0.3 is 6.09 Å². The van der Waals surface area contributed by atoms with E-state index in [1.54, 1.807) is 30.5 Å². The molecule has 0 spiro atoms. The van der Waals surface area contributed by atoms with E-state index >= 15 is 0 Å². The van der Waals surface area contributed by atoms with Crippen LogP contribution in [-0.2, 0) is 0 Å². The smallest absolute Gasteiger partial charge is 0.408 e. The number of phenolic OH excluding ortho intramolecular Hbond substituents is 1. The molecular formula is C25H21N3O5. The molecule has 1 aromatic heterocycles. The molecule has 1 saturated heterocycles. The summed E-state index contributed by atoms with van der Waals surface area (Å²) in [7, 11) is 0. The maximum atomic E-state index is 12.9. The highest BCUT2D eigenvalue weighted by molar-refractivity contribution is 6.03. The number of aromatic hydroxyl groups is 1. The number of carbonyl (C=O) groups is 2. The Labute approximate surface area is 189 Å². The Bertz CT molecular complexity index is 1330. The molecular weight excluding hydrogens is 422 g/mol. The number of hydrogen-bond acceptors (Lipinski definition) is 5. The molecule has 0 saturated carbocycles. The number of amides is 2. The zero-order chi connectivity index (χ0) is 22.9. The predicted molar refractivity (Wildman–Crippen MR) is 121 cm³/mol. The third-order valence-corrected chi connectivity index (χ3v) is 5.89. The molecule has 166 valence electrons. The van der Waals surface area contributed by atoms with Gasteiger partial charge in [0, 0.05) is 23.5 Å². The van der Waals surface area contributed by atoms with Crippen LogP contribution in [0.5, 0.6) is 5.75 Å². The van der Waals surface area contributed by atoms with Gasteiger partial charge in [0.2, 0.25) is 5.89 Å². The maximum Gasteiger partial charge on any atom is 0.408 e. The first-order chi connectivity index (χ1) is 16.0. The van der Waals surface area contributed by atoms with Crippen molar-refractivity contribution in [2.45, 2.75) is 18.5 Å². The number of oxazole rings is 1. The maximum absolute atomic E-state index is 12.9. The highest BCUT2D eigenvalue weighted by atomic mass is 16.4. The Morgan fingerprint density at radius 3 is 2.58 bits per heavy atom. The van der Waals surface area contributed by atoms with Gasteiger partial charge in [0.05, 0.1) is 11.8 Å². The summed E-state index contributed by atoms with van der Waals surface area (Å²) in [6.45, 7) is 0.0864. The van der Waals surface area contributed by atoms with E-state index in [9.17, 15) is 19.8 Å². The molecule has 0 radical (unpaired) electrons. The molecule has 0 aliphatic carbocycles. The topological polar surface area (TPSA) is 116 Å². The first-order valence-electron chi connectivity index (χ1n) is 10.5. The molecule has 4 aromatic rings. The van der Waals surface area contributed by atoms with Gasteiger partial charge in [-0.1, -0.05) is 60.7 Å². The van der Waals surface area contributed by atoms with Crippen molar-refractivity contribution in [1.29, 1.82) is 0 Å². The highest BCUT2D eigenvalue weighted by Gasteiger charge is 2.40. The van der Waals surface area contributed by atoms with E-state index < -0.39 is 24.1 Å². The first-order valence-corrected chi connectivity index (χ1v) is 10.5. The molecule has 2 amide bonds. The molecule has 5 rings (SSSR count). The second kappa shape index (κ2) is 8.31. The van der Waals surface area contributed by atoms with Crippen molar-refractivity contribution in [2.75, 3.05) is 6.54 Å². The highest BCUT2D eigenvalue weighted by Crippen LogP contribution is 2.34. The molecule has 1 aliphatic rings. The van der Waals surface area contributed by atoms with Crippen LogP contribution in [0.2, 0.25) is 0 Å². The summed E-state index contributed by atoms with van der Waals surface area (Å²) in [6.07, 6.45) is 0.759. The molecule has 3 N–H and O–H groups in total. The zero-order valence-electron chi connectivity index (χ0n) is 17.5. The molecule has 0 bridgehead atoms. The summed E-state index contributed by atoms with van der Waals surface area (Å²) in [6, 6.07) is 18.9. The normalized spacial score (nSPS) is 17.9. The average Bonchev–Trinajstić information content (AvgIpc) is 3.47. The quantitative estimate of drug-likeness (QED) is 0.430. The minimum atomic E-state index is -1.12. The number of aromatic nitrogens is 1. The van der Waals surface area contributed by atoms with Gasteiger partial charge in [0.15, 0.2) is 5.76 Å². The minimum Gasteiger partial charge on any atom is -0.506 e. The second-order valence-electron chi connectivity index (χ2n) is 7.97. The van der Waals surface area contributed by atoms with Crippen LogP contribution < -0.4 is 5.32 Å². The molecule has 8 heteroatoms. The van der Waals surface area contributed by atoms with E-state index in [4.69, 9.17) is 4.42 Å². The number of carbonyl (C=O) groups excluding carboxylic acids is 1. The fourth-order valence-corrected chi connectivity index (χ4v) is 4.27. The number of likely N-dealkylation sites (tertiary alicyclic amines) is 1. The number of phenols is 1. The van der Waals surface area contributed by atoms with Crippen LogP contribution in [0, 0.1) is 0 Å². The van der Waals surface area contributed by atoms with E-state index in [-0.39, 0.29) is 23.7 Å². The third kappa shape index (κ3) is 3.87. The summed E-state index contributed by atoms with van der Waals surface area (Å²) >= 11 is 0. The number of nitrogens with zero attached hydrogens (tertiary/aromatic N) is 2. The Morgan fingerprint density at radius 2 is 1.79 bits per heavy atom. The van der Waals surface area contributed by atoms with Gasteiger partial charge in [-0.25, -0.2) is 9.78 Å². The zero-order valence-corrected chi connectivity index (χ0v) is 17.5. The van der Waals surface area contributed by atoms with Crippen LogP contribution in [0.4, 0.5) is 4.79 Å². The van der Waals surface area contributed by atoms with Gasteiger partial charge in [0.25, 0.3) is 5.91 Å². The Hall–Kier alpha value is -4.33. The lowest BCUT2D eigenvalue weighted by Gasteiger charge is -2.18. The average molecular weight is 443 g/mol. The van der Waals surface area contributed by atoms with E-state index in [1.807, 2.05) is 42.5 Å². The predicted octanol–water partition coefficient (Wildman–Crippen LogP) is 4.42. The lowest BCUT2D eigenvalue weighted by atomic mass is 10.0. The number of carboxylic acid groups (broad SMARTS) is 1. The van der Waals surface area contributed by atoms with Crippen molar-refractivity contribution in [1.82, 2.24) is 15.2 Å². The number of rotatable bonds is 4. The van der Waals surface area contributed by atoms with Crippen molar-refractivity contribution in [3.8, 4) is 17.1 Å². The van der Waals surface area contributed by atoms with Crippen molar-refractivity contribution in [3.63, 3.8) is 0 Å². The van der Waals surface area contributed by atoms with Gasteiger partial charge in [-0.15, -0.1) is 0 Å². The Morgan fingerprint density at radius 1 is 1.03 bits per heavy atom. The standard InChI is InChI=1S/C25H21N3O5/c29-22-18-9-5-4-6-15(18)10-11-19(22)23(30)27-17-12-20(28(14-17)25(31)32)24-26-13-21(33-24)16-7-2-1-3-8-16/h1-11,13,17,20,29H,12,14H2,(H,27,30)(H,31,32)/t17-,20-/m0/s1. The fraction of sp³-hybridized carbons (Fsp3) is 0.160.